The van der Waals surface area contributed by atoms with E-state index < -0.39 is 23.1 Å². The fourth-order valence-corrected chi connectivity index (χ4v) is 0.925. The normalized spacial score (nSPS) is 9.25. The van der Waals surface area contributed by atoms with Crippen molar-refractivity contribution in [3.05, 3.63) is 22.2 Å². The number of aromatic hydroxyl groups is 1. The largest absolute Gasteiger partial charge is 0.506 e. The van der Waals surface area contributed by atoms with Gasteiger partial charge in [0.15, 0.2) is 5.82 Å². The zero-order chi connectivity index (χ0) is 8.59. The first-order valence-electron chi connectivity index (χ1n) is 2.66. The number of phenolic OH excluding ortho intramolecular Hbond substituents is 1. The van der Waals surface area contributed by atoms with Crippen LogP contribution >= 0.6 is 28.3 Å². The van der Waals surface area contributed by atoms with Crippen LogP contribution in [0.15, 0.2) is 10.5 Å². The Morgan fingerprint density at radius 3 is 2.42 bits per heavy atom. The van der Waals surface area contributed by atoms with E-state index in [0.717, 1.165) is 6.07 Å². The summed E-state index contributed by atoms with van der Waals surface area (Å²) < 4.78 is 24.8. The molecule has 0 spiro atoms. The van der Waals surface area contributed by atoms with Gasteiger partial charge < -0.3 is 10.8 Å². The Morgan fingerprint density at radius 2 is 1.92 bits per heavy atom. The van der Waals surface area contributed by atoms with Crippen molar-refractivity contribution >= 4 is 34.0 Å². The maximum atomic E-state index is 12.7. The molecule has 6 heteroatoms. The number of benzene rings is 1. The summed E-state index contributed by atoms with van der Waals surface area (Å²) in [4.78, 5) is 0. The molecule has 0 aliphatic carbocycles. The van der Waals surface area contributed by atoms with Crippen LogP contribution in [0.5, 0.6) is 5.75 Å². The number of hydrogen-bond donors (Lipinski definition) is 2. The second-order valence-electron chi connectivity index (χ2n) is 1.92. The van der Waals surface area contributed by atoms with Crippen LogP contribution in [-0.2, 0) is 0 Å². The average molecular weight is 260 g/mol. The zero-order valence-corrected chi connectivity index (χ0v) is 8.05. The van der Waals surface area contributed by atoms with E-state index in [9.17, 15) is 8.78 Å². The summed E-state index contributed by atoms with van der Waals surface area (Å²) in [5.41, 5.74) is 4.57. The molecule has 0 aliphatic rings. The molecular formula is C6H5BrClF2NO. The molecule has 0 heterocycles. The minimum absolute atomic E-state index is 0. The van der Waals surface area contributed by atoms with Gasteiger partial charge in [-0.25, -0.2) is 8.78 Å². The highest BCUT2D eigenvalue weighted by molar-refractivity contribution is 9.10. The average Bonchev–Trinajstić information content (AvgIpc) is 1.97. The molecule has 1 aromatic carbocycles. The van der Waals surface area contributed by atoms with Gasteiger partial charge in [0, 0.05) is 6.07 Å². The van der Waals surface area contributed by atoms with Crippen molar-refractivity contribution in [2.75, 3.05) is 5.73 Å². The smallest absolute Gasteiger partial charge is 0.167 e. The highest BCUT2D eigenvalue weighted by Gasteiger charge is 2.13. The van der Waals surface area contributed by atoms with E-state index in [1.807, 2.05) is 0 Å². The van der Waals surface area contributed by atoms with Crippen LogP contribution in [0.4, 0.5) is 14.5 Å². The topological polar surface area (TPSA) is 46.2 Å². The van der Waals surface area contributed by atoms with E-state index in [0.29, 0.717) is 0 Å². The summed E-state index contributed by atoms with van der Waals surface area (Å²) in [5.74, 6) is -2.46. The van der Waals surface area contributed by atoms with Gasteiger partial charge in [-0.2, -0.15) is 0 Å². The van der Waals surface area contributed by atoms with E-state index in [2.05, 4.69) is 15.9 Å². The molecule has 1 aromatic rings. The Hall–Kier alpha value is -0.550. The maximum Gasteiger partial charge on any atom is 0.167 e. The van der Waals surface area contributed by atoms with Gasteiger partial charge in [-0.3, -0.25) is 0 Å². The van der Waals surface area contributed by atoms with Crippen LogP contribution in [0.2, 0.25) is 0 Å². The van der Waals surface area contributed by atoms with Crippen LogP contribution in [0, 0.1) is 11.6 Å². The van der Waals surface area contributed by atoms with Gasteiger partial charge in [-0.15, -0.1) is 12.4 Å². The number of halogens is 4. The monoisotopic (exact) mass is 259 g/mol. The molecule has 0 saturated heterocycles. The molecule has 0 atom stereocenters. The summed E-state index contributed by atoms with van der Waals surface area (Å²) >= 11 is 2.62. The molecule has 3 N–H and O–H groups in total. The maximum absolute atomic E-state index is 12.7. The Morgan fingerprint density at radius 1 is 1.42 bits per heavy atom. The number of nitrogen functional groups attached to an aromatic ring is 1. The number of anilines is 1. The number of hydrogen-bond acceptors (Lipinski definition) is 2. The highest BCUT2D eigenvalue weighted by atomic mass is 79.9. The molecule has 2 nitrogen and oxygen atoms in total. The zero-order valence-electron chi connectivity index (χ0n) is 5.64. The summed E-state index contributed by atoms with van der Waals surface area (Å²) in [6.45, 7) is 0. The lowest BCUT2D eigenvalue weighted by molar-refractivity contribution is 0.463. The molecular weight excluding hydrogens is 255 g/mol. The van der Waals surface area contributed by atoms with Gasteiger partial charge in [0.25, 0.3) is 0 Å². The predicted molar refractivity (Wildman–Crippen MR) is 47.4 cm³/mol. The van der Waals surface area contributed by atoms with Gasteiger partial charge in [0.05, 0.1) is 4.47 Å². The molecule has 0 amide bonds. The lowest BCUT2D eigenvalue weighted by Crippen LogP contribution is -1.94. The van der Waals surface area contributed by atoms with Crippen molar-refractivity contribution in [3.8, 4) is 5.75 Å². The number of phenols is 1. The molecule has 1 rings (SSSR count). The number of nitrogens with two attached hydrogens (primary N) is 1. The molecule has 0 radical (unpaired) electrons. The standard InChI is InChI=1S/C6H4BrF2NO.ClH/c7-4-2(8)1-3(11)6(10)5(4)9;/h1,11H,10H2;1H. The molecule has 12 heavy (non-hydrogen) atoms. The molecule has 68 valence electrons. The number of rotatable bonds is 0. The molecule has 0 aromatic heterocycles. The van der Waals surface area contributed by atoms with Crippen molar-refractivity contribution < 1.29 is 13.9 Å². The second kappa shape index (κ2) is 3.91. The van der Waals surface area contributed by atoms with Crippen molar-refractivity contribution in [1.82, 2.24) is 0 Å². The minimum Gasteiger partial charge on any atom is -0.506 e. The second-order valence-corrected chi connectivity index (χ2v) is 2.71. The third-order valence-electron chi connectivity index (χ3n) is 1.18. The van der Waals surface area contributed by atoms with Crippen LogP contribution in [0.3, 0.4) is 0 Å². The fourth-order valence-electron chi connectivity index (χ4n) is 0.597. The Bertz CT molecular complexity index is 282. The fraction of sp³-hybridized carbons (Fsp3) is 0. The third-order valence-corrected chi connectivity index (χ3v) is 1.91. The molecule has 0 saturated carbocycles. The lowest BCUT2D eigenvalue weighted by Gasteiger charge is -2.02. The van der Waals surface area contributed by atoms with Crippen molar-refractivity contribution in [2.45, 2.75) is 0 Å². The summed E-state index contributed by atoms with van der Waals surface area (Å²) in [5, 5.41) is 8.78. The highest BCUT2D eigenvalue weighted by Crippen LogP contribution is 2.31. The van der Waals surface area contributed by atoms with Gasteiger partial charge >= 0.3 is 0 Å². The van der Waals surface area contributed by atoms with E-state index in [1.54, 1.807) is 0 Å². The van der Waals surface area contributed by atoms with Crippen molar-refractivity contribution in [1.29, 1.82) is 0 Å². The van der Waals surface area contributed by atoms with Crippen LogP contribution < -0.4 is 5.73 Å². The SMILES string of the molecule is Cl.Nc1c(O)cc(F)c(Br)c1F. The minimum atomic E-state index is -0.984. The molecule has 0 fully saturated rings. The van der Waals surface area contributed by atoms with E-state index in [4.69, 9.17) is 10.8 Å². The Balaban J connectivity index is 0.00000121. The third kappa shape index (κ3) is 1.78. The van der Waals surface area contributed by atoms with E-state index >= 15 is 0 Å². The first-order valence-corrected chi connectivity index (χ1v) is 3.45. The van der Waals surface area contributed by atoms with Crippen molar-refractivity contribution in [2.24, 2.45) is 0 Å². The van der Waals surface area contributed by atoms with E-state index in [1.165, 1.54) is 0 Å². The van der Waals surface area contributed by atoms with E-state index in [-0.39, 0.29) is 16.9 Å². The van der Waals surface area contributed by atoms with Crippen LogP contribution in [-0.4, -0.2) is 5.11 Å². The summed E-state index contributed by atoms with van der Waals surface area (Å²) in [6, 6.07) is 0.739. The Kier molecular flexibility index (Phi) is 3.73. The van der Waals surface area contributed by atoms with Crippen LogP contribution in [0.25, 0.3) is 0 Å². The summed E-state index contributed by atoms with van der Waals surface area (Å²) in [7, 11) is 0. The quantitative estimate of drug-likeness (QED) is 0.427. The van der Waals surface area contributed by atoms with Gasteiger partial charge in [0.2, 0.25) is 0 Å². The molecule has 0 unspecified atom stereocenters. The Labute approximate surface area is 81.9 Å². The first kappa shape index (κ1) is 11.4. The van der Waals surface area contributed by atoms with Crippen LogP contribution in [0.1, 0.15) is 0 Å². The molecule has 0 aliphatic heterocycles. The predicted octanol–water partition coefficient (Wildman–Crippen LogP) is 2.44. The van der Waals surface area contributed by atoms with Gasteiger partial charge in [-0.05, 0) is 15.9 Å². The first-order chi connectivity index (χ1) is 5.04. The summed E-state index contributed by atoms with van der Waals surface area (Å²) in [6.07, 6.45) is 0. The van der Waals surface area contributed by atoms with Gasteiger partial charge in [0.1, 0.15) is 17.3 Å². The van der Waals surface area contributed by atoms with Gasteiger partial charge in [-0.1, -0.05) is 0 Å². The van der Waals surface area contributed by atoms with Crippen molar-refractivity contribution in [3.63, 3.8) is 0 Å². The lowest BCUT2D eigenvalue weighted by atomic mass is 10.3. The molecule has 0 bridgehead atoms.